The van der Waals surface area contributed by atoms with Gasteiger partial charge in [-0.05, 0) is 24.3 Å². The molecular weight excluding hydrogens is 256 g/mol. The molecule has 1 N–H and O–H groups in total. The maximum Gasteiger partial charge on any atom is 0.269 e. The van der Waals surface area contributed by atoms with E-state index in [0.29, 0.717) is 30.3 Å². The molecule has 0 spiro atoms. The van der Waals surface area contributed by atoms with Gasteiger partial charge in [-0.25, -0.2) is 0 Å². The van der Waals surface area contributed by atoms with Crippen LogP contribution in [0.25, 0.3) is 0 Å². The van der Waals surface area contributed by atoms with Crippen LogP contribution in [0.4, 0.5) is 0 Å². The first-order chi connectivity index (χ1) is 9.81. The molecule has 5 heteroatoms. The van der Waals surface area contributed by atoms with Crippen molar-refractivity contribution in [2.75, 3.05) is 20.3 Å². The molecule has 0 saturated carbocycles. The van der Waals surface area contributed by atoms with Crippen LogP contribution in [0, 0.1) is 0 Å². The van der Waals surface area contributed by atoms with Crippen molar-refractivity contribution in [3.05, 3.63) is 54.4 Å². The first-order valence-corrected chi connectivity index (χ1v) is 6.26. The summed E-state index contributed by atoms with van der Waals surface area (Å²) >= 11 is 0. The zero-order chi connectivity index (χ0) is 14.2. The number of nitrogens with one attached hydrogen (secondary N) is 1. The number of benzene rings is 1. The van der Waals surface area contributed by atoms with E-state index >= 15 is 0 Å². The molecule has 0 aliphatic rings. The van der Waals surface area contributed by atoms with Gasteiger partial charge in [-0.3, -0.25) is 9.78 Å². The Morgan fingerprint density at radius 3 is 2.60 bits per heavy atom. The van der Waals surface area contributed by atoms with Gasteiger partial charge in [-0.15, -0.1) is 0 Å². The number of para-hydroxylation sites is 2. The molecule has 20 heavy (non-hydrogen) atoms. The fourth-order valence-electron chi connectivity index (χ4n) is 1.65. The third-order valence-corrected chi connectivity index (χ3v) is 2.61. The zero-order valence-electron chi connectivity index (χ0n) is 11.2. The average molecular weight is 272 g/mol. The summed E-state index contributed by atoms with van der Waals surface area (Å²) in [6, 6.07) is 12.6. The van der Waals surface area contributed by atoms with Crippen molar-refractivity contribution in [3.8, 4) is 11.5 Å². The van der Waals surface area contributed by atoms with E-state index in [1.165, 1.54) is 0 Å². The fraction of sp³-hybridized carbons (Fsp3) is 0.200. The summed E-state index contributed by atoms with van der Waals surface area (Å²) in [5, 5.41) is 2.74. The highest BCUT2D eigenvalue weighted by Gasteiger charge is 2.06. The van der Waals surface area contributed by atoms with E-state index in [-0.39, 0.29) is 5.91 Å². The second-order valence-electron chi connectivity index (χ2n) is 3.97. The average Bonchev–Trinajstić information content (AvgIpc) is 2.52. The number of amides is 1. The molecule has 104 valence electrons. The van der Waals surface area contributed by atoms with Gasteiger partial charge in [0.2, 0.25) is 0 Å². The summed E-state index contributed by atoms with van der Waals surface area (Å²) < 4.78 is 10.7. The molecule has 0 atom stereocenters. The molecule has 0 radical (unpaired) electrons. The lowest BCUT2D eigenvalue weighted by atomic mass is 10.3. The standard InChI is InChI=1S/C15H16N2O3/c1-19-13-7-2-3-8-14(13)20-11-10-17-15(18)12-6-4-5-9-16-12/h2-9H,10-11H2,1H3,(H,17,18). The lowest BCUT2D eigenvalue weighted by Gasteiger charge is -2.10. The molecule has 1 heterocycles. The first-order valence-electron chi connectivity index (χ1n) is 6.26. The SMILES string of the molecule is COc1ccccc1OCCNC(=O)c1ccccn1. The number of carbonyl (C=O) groups is 1. The van der Waals surface area contributed by atoms with Gasteiger partial charge in [0.1, 0.15) is 12.3 Å². The normalized spacial score (nSPS) is 9.85. The molecule has 5 nitrogen and oxygen atoms in total. The van der Waals surface area contributed by atoms with Crippen LogP contribution < -0.4 is 14.8 Å². The minimum atomic E-state index is -0.214. The highest BCUT2D eigenvalue weighted by atomic mass is 16.5. The van der Waals surface area contributed by atoms with Gasteiger partial charge in [0, 0.05) is 6.20 Å². The zero-order valence-corrected chi connectivity index (χ0v) is 11.2. The Hall–Kier alpha value is -2.56. The fourth-order valence-corrected chi connectivity index (χ4v) is 1.65. The molecule has 2 rings (SSSR count). The summed E-state index contributed by atoms with van der Waals surface area (Å²) in [4.78, 5) is 15.7. The largest absolute Gasteiger partial charge is 0.493 e. The smallest absolute Gasteiger partial charge is 0.269 e. The van der Waals surface area contributed by atoms with Gasteiger partial charge in [0.05, 0.1) is 13.7 Å². The van der Waals surface area contributed by atoms with Crippen LogP contribution in [0.3, 0.4) is 0 Å². The Labute approximate surface area is 117 Å². The van der Waals surface area contributed by atoms with E-state index in [4.69, 9.17) is 9.47 Å². The number of rotatable bonds is 6. The van der Waals surface area contributed by atoms with E-state index in [2.05, 4.69) is 10.3 Å². The summed E-state index contributed by atoms with van der Waals surface area (Å²) in [5.74, 6) is 1.11. The number of pyridine rings is 1. The predicted molar refractivity (Wildman–Crippen MR) is 75.1 cm³/mol. The lowest BCUT2D eigenvalue weighted by Crippen LogP contribution is -2.28. The minimum absolute atomic E-state index is 0.214. The lowest BCUT2D eigenvalue weighted by molar-refractivity contribution is 0.0942. The first kappa shape index (κ1) is 13.9. The topological polar surface area (TPSA) is 60.5 Å². The third kappa shape index (κ3) is 3.71. The summed E-state index contributed by atoms with van der Waals surface area (Å²) in [5.41, 5.74) is 0.393. The van der Waals surface area contributed by atoms with E-state index in [1.807, 2.05) is 24.3 Å². The van der Waals surface area contributed by atoms with Crippen LogP contribution in [-0.2, 0) is 0 Å². The van der Waals surface area contributed by atoms with Crippen LogP contribution in [0.1, 0.15) is 10.5 Å². The van der Waals surface area contributed by atoms with Crippen molar-refractivity contribution < 1.29 is 14.3 Å². The Morgan fingerprint density at radius 2 is 1.90 bits per heavy atom. The second-order valence-corrected chi connectivity index (χ2v) is 3.97. The van der Waals surface area contributed by atoms with E-state index in [0.717, 1.165) is 0 Å². The molecule has 0 fully saturated rings. The molecule has 0 unspecified atom stereocenters. The third-order valence-electron chi connectivity index (χ3n) is 2.61. The molecule has 0 aliphatic carbocycles. The Bertz CT molecular complexity index is 558. The van der Waals surface area contributed by atoms with Crippen molar-refractivity contribution >= 4 is 5.91 Å². The van der Waals surface area contributed by atoms with Crippen LogP contribution in [-0.4, -0.2) is 31.2 Å². The van der Waals surface area contributed by atoms with Crippen LogP contribution in [0.5, 0.6) is 11.5 Å². The Kier molecular flexibility index (Phi) is 4.94. The van der Waals surface area contributed by atoms with E-state index < -0.39 is 0 Å². The molecule has 1 aromatic heterocycles. The summed E-state index contributed by atoms with van der Waals surface area (Å²) in [7, 11) is 1.59. The van der Waals surface area contributed by atoms with Crippen LogP contribution >= 0.6 is 0 Å². The summed E-state index contributed by atoms with van der Waals surface area (Å²) in [6.45, 7) is 0.756. The molecule has 1 aromatic carbocycles. The van der Waals surface area contributed by atoms with Gasteiger partial charge >= 0.3 is 0 Å². The number of aromatic nitrogens is 1. The Balaban J connectivity index is 1.78. The number of hydrogen-bond donors (Lipinski definition) is 1. The molecule has 0 bridgehead atoms. The van der Waals surface area contributed by atoms with E-state index in [1.54, 1.807) is 31.5 Å². The highest BCUT2D eigenvalue weighted by Crippen LogP contribution is 2.25. The maximum atomic E-state index is 11.7. The monoisotopic (exact) mass is 272 g/mol. The number of carbonyl (C=O) groups excluding carboxylic acids is 1. The van der Waals surface area contributed by atoms with Gasteiger partial charge in [-0.1, -0.05) is 18.2 Å². The van der Waals surface area contributed by atoms with Crippen molar-refractivity contribution in [2.24, 2.45) is 0 Å². The number of hydrogen-bond acceptors (Lipinski definition) is 4. The quantitative estimate of drug-likeness (QED) is 0.816. The molecule has 0 saturated heterocycles. The van der Waals surface area contributed by atoms with Gasteiger partial charge < -0.3 is 14.8 Å². The number of nitrogens with zero attached hydrogens (tertiary/aromatic N) is 1. The molecule has 2 aromatic rings. The highest BCUT2D eigenvalue weighted by molar-refractivity contribution is 5.92. The molecular formula is C15H16N2O3. The van der Waals surface area contributed by atoms with Crippen LogP contribution in [0.15, 0.2) is 48.7 Å². The molecule has 0 aliphatic heterocycles. The minimum Gasteiger partial charge on any atom is -0.493 e. The molecule has 1 amide bonds. The number of ether oxygens (including phenoxy) is 2. The van der Waals surface area contributed by atoms with Gasteiger partial charge in [0.15, 0.2) is 11.5 Å². The van der Waals surface area contributed by atoms with Crippen molar-refractivity contribution in [3.63, 3.8) is 0 Å². The maximum absolute atomic E-state index is 11.7. The van der Waals surface area contributed by atoms with E-state index in [9.17, 15) is 4.79 Å². The van der Waals surface area contributed by atoms with Crippen molar-refractivity contribution in [2.45, 2.75) is 0 Å². The van der Waals surface area contributed by atoms with Gasteiger partial charge in [0.25, 0.3) is 5.91 Å². The Morgan fingerprint density at radius 1 is 1.15 bits per heavy atom. The summed E-state index contributed by atoms with van der Waals surface area (Å²) in [6.07, 6.45) is 1.58. The van der Waals surface area contributed by atoms with Crippen molar-refractivity contribution in [1.29, 1.82) is 0 Å². The van der Waals surface area contributed by atoms with Gasteiger partial charge in [-0.2, -0.15) is 0 Å². The van der Waals surface area contributed by atoms with Crippen LogP contribution in [0.2, 0.25) is 0 Å². The predicted octanol–water partition coefficient (Wildman–Crippen LogP) is 1.90. The number of methoxy groups -OCH3 is 1. The second kappa shape index (κ2) is 7.13. The van der Waals surface area contributed by atoms with Crippen molar-refractivity contribution in [1.82, 2.24) is 10.3 Å².